The zero-order chi connectivity index (χ0) is 18.7. The molecule has 1 aromatic heterocycles. The van der Waals surface area contributed by atoms with E-state index in [4.69, 9.17) is 0 Å². The van der Waals surface area contributed by atoms with Gasteiger partial charge in [0.25, 0.3) is 5.91 Å². The molecule has 7 heteroatoms. The third kappa shape index (κ3) is 3.30. The van der Waals surface area contributed by atoms with Crippen LogP contribution >= 0.6 is 0 Å². The van der Waals surface area contributed by atoms with Crippen molar-refractivity contribution in [1.82, 2.24) is 4.98 Å². The molecular formula is C19H16N4O3. The fourth-order valence-electron chi connectivity index (χ4n) is 2.85. The number of nitrogens with zero attached hydrogens (tertiary/aromatic N) is 3. The molecule has 0 saturated heterocycles. The maximum Gasteiger partial charge on any atom is 0.250 e. The van der Waals surface area contributed by atoms with E-state index in [1.165, 1.54) is 12.3 Å². The third-order valence-electron chi connectivity index (χ3n) is 4.28. The Balaban J connectivity index is 1.82. The van der Waals surface area contributed by atoms with Crippen LogP contribution in [0.2, 0.25) is 0 Å². The summed E-state index contributed by atoms with van der Waals surface area (Å²) in [5, 5.41) is 11.8. The number of fused-ring (bicyclic) bond motifs is 1. The quantitative estimate of drug-likeness (QED) is 0.672. The van der Waals surface area contributed by atoms with Gasteiger partial charge in [0, 0.05) is 30.9 Å². The van der Waals surface area contributed by atoms with Crippen LogP contribution in [0, 0.1) is 17.2 Å². The molecule has 0 radical (unpaired) electrons. The topological polar surface area (TPSA) is 103 Å². The minimum Gasteiger partial charge on any atom is -0.315 e. The van der Waals surface area contributed by atoms with Crippen LogP contribution in [0.1, 0.15) is 22.3 Å². The molecule has 0 spiro atoms. The average molecular weight is 348 g/mol. The highest BCUT2D eigenvalue weighted by molar-refractivity contribution is 6.15. The van der Waals surface area contributed by atoms with Gasteiger partial charge in [-0.05, 0) is 42.3 Å². The van der Waals surface area contributed by atoms with Crippen molar-refractivity contribution in [2.75, 3.05) is 17.3 Å². The Morgan fingerprint density at radius 3 is 2.77 bits per heavy atom. The van der Waals surface area contributed by atoms with Gasteiger partial charge in [0.1, 0.15) is 5.82 Å². The van der Waals surface area contributed by atoms with E-state index in [9.17, 15) is 19.6 Å². The first-order chi connectivity index (χ1) is 12.5. The zero-order valence-electron chi connectivity index (χ0n) is 14.1. The van der Waals surface area contributed by atoms with E-state index in [0.717, 1.165) is 11.3 Å². The molecule has 3 rings (SSSR count). The molecule has 2 aromatic rings. The summed E-state index contributed by atoms with van der Waals surface area (Å²) in [6.45, 7) is 0. The molecule has 1 aliphatic heterocycles. The van der Waals surface area contributed by atoms with Crippen molar-refractivity contribution in [2.24, 2.45) is 5.92 Å². The van der Waals surface area contributed by atoms with Gasteiger partial charge in [-0.25, -0.2) is 4.98 Å². The molecule has 2 amide bonds. The van der Waals surface area contributed by atoms with E-state index in [1.807, 2.05) is 0 Å². The molecule has 2 heterocycles. The summed E-state index contributed by atoms with van der Waals surface area (Å²) in [7, 11) is 1.68. The molecule has 7 nitrogen and oxygen atoms in total. The van der Waals surface area contributed by atoms with Gasteiger partial charge in [0.05, 0.1) is 6.07 Å². The van der Waals surface area contributed by atoms with Crippen LogP contribution in [0.25, 0.3) is 0 Å². The number of amides is 2. The summed E-state index contributed by atoms with van der Waals surface area (Å²) in [6, 6.07) is 11.6. The number of rotatable bonds is 4. The predicted octanol–water partition coefficient (Wildman–Crippen LogP) is 1.95. The molecule has 130 valence electrons. The Hall–Kier alpha value is -3.53. The second-order valence-corrected chi connectivity index (χ2v) is 5.93. The van der Waals surface area contributed by atoms with Crippen molar-refractivity contribution in [1.29, 1.82) is 5.26 Å². The van der Waals surface area contributed by atoms with Crippen LogP contribution < -0.4 is 10.2 Å². The number of hydrogen-bond donors (Lipinski definition) is 1. The molecule has 0 bridgehead atoms. The third-order valence-corrected chi connectivity index (χ3v) is 4.28. The minimum absolute atomic E-state index is 0.0150. The molecule has 1 unspecified atom stereocenters. The van der Waals surface area contributed by atoms with Gasteiger partial charge in [-0.2, -0.15) is 5.26 Å². The SMILES string of the molecule is CN1C(=O)CCc2cc(C(=O)C(C#N)C(=O)Nc3ccccn3)ccc21. The number of nitrogens with one attached hydrogen (secondary N) is 1. The number of hydrogen-bond acceptors (Lipinski definition) is 5. The summed E-state index contributed by atoms with van der Waals surface area (Å²) >= 11 is 0. The van der Waals surface area contributed by atoms with Gasteiger partial charge in [-0.15, -0.1) is 0 Å². The number of Topliss-reactive ketones (excluding diaryl/α,β-unsaturated/α-hetero) is 1. The lowest BCUT2D eigenvalue weighted by molar-refractivity contribution is -0.119. The number of pyridine rings is 1. The molecule has 1 aliphatic rings. The van der Waals surface area contributed by atoms with Gasteiger partial charge in [0.2, 0.25) is 5.91 Å². The number of benzene rings is 1. The van der Waals surface area contributed by atoms with Crippen LogP contribution in [-0.4, -0.2) is 29.6 Å². The molecular weight excluding hydrogens is 332 g/mol. The van der Waals surface area contributed by atoms with E-state index in [-0.39, 0.29) is 17.3 Å². The van der Waals surface area contributed by atoms with Crippen molar-refractivity contribution in [3.63, 3.8) is 0 Å². The summed E-state index contributed by atoms with van der Waals surface area (Å²) in [4.78, 5) is 42.2. The van der Waals surface area contributed by atoms with Crippen LogP contribution in [0.4, 0.5) is 11.5 Å². The van der Waals surface area contributed by atoms with E-state index < -0.39 is 17.6 Å². The van der Waals surface area contributed by atoms with E-state index in [2.05, 4.69) is 10.3 Å². The zero-order valence-corrected chi connectivity index (χ0v) is 14.1. The Kier molecular flexibility index (Phi) is 4.76. The second kappa shape index (κ2) is 7.15. The smallest absolute Gasteiger partial charge is 0.250 e. The second-order valence-electron chi connectivity index (χ2n) is 5.93. The summed E-state index contributed by atoms with van der Waals surface area (Å²) in [5.41, 5.74) is 1.86. The van der Waals surface area contributed by atoms with Crippen molar-refractivity contribution in [3.8, 4) is 6.07 Å². The number of nitriles is 1. The van der Waals surface area contributed by atoms with E-state index in [0.29, 0.717) is 12.8 Å². The minimum atomic E-state index is -1.47. The number of ketones is 1. The largest absolute Gasteiger partial charge is 0.315 e. The van der Waals surface area contributed by atoms with Crippen LogP contribution in [-0.2, 0) is 16.0 Å². The summed E-state index contributed by atoms with van der Waals surface area (Å²) < 4.78 is 0. The van der Waals surface area contributed by atoms with E-state index >= 15 is 0 Å². The maximum absolute atomic E-state index is 12.7. The number of anilines is 2. The lowest BCUT2D eigenvalue weighted by Gasteiger charge is -2.26. The van der Waals surface area contributed by atoms with Gasteiger partial charge in [0.15, 0.2) is 11.7 Å². The number of aromatic nitrogens is 1. The first kappa shape index (κ1) is 17.3. The highest BCUT2D eigenvalue weighted by atomic mass is 16.2. The fourth-order valence-corrected chi connectivity index (χ4v) is 2.85. The normalized spacial score (nSPS) is 14.2. The van der Waals surface area contributed by atoms with Crippen molar-refractivity contribution in [3.05, 3.63) is 53.7 Å². The van der Waals surface area contributed by atoms with Crippen molar-refractivity contribution >= 4 is 29.1 Å². The van der Waals surface area contributed by atoms with Gasteiger partial charge >= 0.3 is 0 Å². The first-order valence-electron chi connectivity index (χ1n) is 8.06. The monoisotopic (exact) mass is 348 g/mol. The van der Waals surface area contributed by atoms with Gasteiger partial charge in [-0.3, -0.25) is 14.4 Å². The summed E-state index contributed by atoms with van der Waals surface area (Å²) in [5.74, 6) is -2.49. The highest BCUT2D eigenvalue weighted by Gasteiger charge is 2.29. The lowest BCUT2D eigenvalue weighted by Crippen LogP contribution is -2.32. The Bertz CT molecular complexity index is 918. The number of aryl methyl sites for hydroxylation is 1. The lowest BCUT2D eigenvalue weighted by atomic mass is 9.93. The molecule has 1 atom stereocenters. The van der Waals surface area contributed by atoms with Crippen molar-refractivity contribution in [2.45, 2.75) is 12.8 Å². The first-order valence-corrected chi connectivity index (χ1v) is 8.06. The highest BCUT2D eigenvalue weighted by Crippen LogP contribution is 2.28. The fraction of sp³-hybridized carbons (Fsp3) is 0.211. The maximum atomic E-state index is 12.7. The van der Waals surface area contributed by atoms with E-state index in [1.54, 1.807) is 48.3 Å². The molecule has 26 heavy (non-hydrogen) atoms. The van der Waals surface area contributed by atoms with Crippen LogP contribution in [0.15, 0.2) is 42.6 Å². The van der Waals surface area contributed by atoms with Gasteiger partial charge < -0.3 is 10.2 Å². The molecule has 1 N–H and O–H groups in total. The Morgan fingerprint density at radius 2 is 2.08 bits per heavy atom. The predicted molar refractivity (Wildman–Crippen MR) is 94.5 cm³/mol. The Morgan fingerprint density at radius 1 is 1.27 bits per heavy atom. The standard InChI is InChI=1S/C19H16N4O3/c1-23-15-7-5-13(10-12(15)6-8-17(23)24)18(25)14(11-20)19(26)22-16-4-2-3-9-21-16/h2-5,7,9-10,14H,6,8H2,1H3,(H,21,22,26). The molecule has 0 fully saturated rings. The molecule has 0 aliphatic carbocycles. The van der Waals surface area contributed by atoms with Crippen molar-refractivity contribution < 1.29 is 14.4 Å². The summed E-state index contributed by atoms with van der Waals surface area (Å²) in [6.07, 6.45) is 2.39. The van der Waals surface area contributed by atoms with Gasteiger partial charge in [-0.1, -0.05) is 6.07 Å². The number of carbonyl (C=O) groups excluding carboxylic acids is 3. The Labute approximate surface area is 150 Å². The molecule has 1 aromatic carbocycles. The van der Waals surface area contributed by atoms with Crippen LogP contribution in [0.3, 0.4) is 0 Å². The number of carbonyl (C=O) groups is 3. The van der Waals surface area contributed by atoms with Crippen LogP contribution in [0.5, 0.6) is 0 Å². The average Bonchev–Trinajstić information content (AvgIpc) is 2.66. The molecule has 0 saturated carbocycles.